The number of nitrogens with two attached hydrogens (primary N) is 1. The maximum atomic E-state index is 12.9. The van der Waals surface area contributed by atoms with Crippen molar-refractivity contribution in [1.82, 2.24) is 9.55 Å². The van der Waals surface area contributed by atoms with E-state index in [0.29, 0.717) is 12.8 Å². The van der Waals surface area contributed by atoms with Crippen molar-refractivity contribution < 1.29 is 76.5 Å². The number of aliphatic hydroxyl groups excluding tert-OH is 4. The number of carbonyl (C=O) groups excluding carboxylic acids is 2. The molecule has 0 spiro atoms. The molecular weight excluding hydrogens is 1020 g/mol. The monoisotopic (exact) mass is 1110 g/mol. The minimum Gasteiger partial charge on any atom is -0.462 e. The normalized spacial score (nSPS) is 20.4. The van der Waals surface area contributed by atoms with Crippen LogP contribution in [0.15, 0.2) is 126 Å². The molecule has 1 aliphatic rings. The number of hydrogen-bond acceptors (Lipinski definition) is 17. The van der Waals surface area contributed by atoms with Crippen molar-refractivity contribution >= 4 is 33.4 Å². The second-order valence-corrected chi connectivity index (χ2v) is 20.7. The number of carbonyl (C=O) groups is 2. The Morgan fingerprint density at radius 3 is 1.88 bits per heavy atom. The Kier molecular flexibility index (Phi) is 36.0. The van der Waals surface area contributed by atoms with Gasteiger partial charge in [-0.3, -0.25) is 23.2 Å². The van der Waals surface area contributed by atoms with E-state index >= 15 is 0 Å². The van der Waals surface area contributed by atoms with Crippen molar-refractivity contribution in [3.63, 3.8) is 0 Å². The first-order valence-corrected chi connectivity index (χ1v) is 29.1. The molecule has 22 heteroatoms. The van der Waals surface area contributed by atoms with E-state index in [2.05, 4.69) is 83.9 Å². The van der Waals surface area contributed by atoms with Crippen LogP contribution in [0.1, 0.15) is 136 Å². The molecule has 0 radical (unpaired) electrons. The third-order valence-corrected chi connectivity index (χ3v) is 13.7. The van der Waals surface area contributed by atoms with Crippen LogP contribution in [0.4, 0.5) is 5.82 Å². The molecule has 2 rings (SSSR count). The van der Waals surface area contributed by atoms with Gasteiger partial charge < -0.3 is 50.2 Å². The van der Waals surface area contributed by atoms with E-state index in [-0.39, 0.29) is 31.5 Å². The number of nitrogens with zero attached hydrogens (tertiary/aromatic N) is 2. The van der Waals surface area contributed by atoms with E-state index in [1.807, 2.05) is 24.3 Å². The summed E-state index contributed by atoms with van der Waals surface area (Å²) in [7, 11) is -11.0. The van der Waals surface area contributed by atoms with Gasteiger partial charge in [-0.05, 0) is 83.1 Å². The molecule has 1 fully saturated rings. The highest BCUT2D eigenvalue weighted by Crippen LogP contribution is 2.60. The van der Waals surface area contributed by atoms with Gasteiger partial charge in [0.25, 0.3) is 0 Å². The molecule has 0 aliphatic carbocycles. The lowest BCUT2D eigenvalue weighted by molar-refractivity contribution is -0.161. The predicted molar refractivity (Wildman–Crippen MR) is 291 cm³/mol. The highest BCUT2D eigenvalue weighted by molar-refractivity contribution is 7.61. The third-order valence-electron chi connectivity index (χ3n) is 11.0. The molecule has 0 amide bonds. The molecule has 1 saturated heterocycles. The van der Waals surface area contributed by atoms with E-state index in [1.165, 1.54) is 6.07 Å². The molecule has 1 aromatic rings. The number of phosphoric ester groups is 2. The number of ether oxygens (including phenoxy) is 3. The summed E-state index contributed by atoms with van der Waals surface area (Å²) in [6.45, 7) is 1.68. The van der Waals surface area contributed by atoms with Crippen LogP contribution in [0.5, 0.6) is 0 Å². The molecule has 426 valence electrons. The molecule has 0 bridgehead atoms. The standard InChI is InChI=1S/C54H83N3O17P2/c1-3-5-7-8-9-10-11-12-13-14-15-16-17-18-19-20-24-27-31-37-49(60)69-41-46(72-50(61)38-32-36-45(59)35-30-26-23-21-22-25-29-34-44(58)33-28-6-4-2)42-70-75(65,66)74-76(67,68)71-43-47-51(62)52(63)53(73-47)57-40-39-48(55)56-54(57)64/h5,7,9-10,12-13,15-16,18-19,22-23,25-26,29-30,34-35,39-40,44-47,51-53,58-59,62-63H,3-4,6,8,11,14,17,20-21,24,27-28,31-33,36-38,41-43H2,1-2H3,(H,65,66)(H,67,68)(H2,55,56,64)/b7-5-,10-9-,13-12-,16-15-,19-18-,25-22-,26-23-,34-29+,35-30+/t44-,45-,46-,47-,51-,52-,53-/m1/s1. The minimum absolute atomic E-state index is 0.0313. The third kappa shape index (κ3) is 32.8. The molecule has 2 unspecified atom stereocenters. The van der Waals surface area contributed by atoms with Crippen LogP contribution < -0.4 is 11.4 Å². The van der Waals surface area contributed by atoms with E-state index in [1.54, 1.807) is 24.3 Å². The molecule has 2 heterocycles. The number of hydrogen-bond donors (Lipinski definition) is 7. The van der Waals surface area contributed by atoms with Crippen molar-refractivity contribution in [2.75, 3.05) is 25.6 Å². The van der Waals surface area contributed by atoms with E-state index < -0.39 is 95.9 Å². The number of esters is 2. The fourth-order valence-corrected chi connectivity index (χ4v) is 9.07. The lowest BCUT2D eigenvalue weighted by Gasteiger charge is -2.21. The molecule has 0 aromatic carbocycles. The van der Waals surface area contributed by atoms with Crippen LogP contribution in [-0.2, 0) is 46.3 Å². The van der Waals surface area contributed by atoms with Gasteiger partial charge in [0, 0.05) is 19.0 Å². The van der Waals surface area contributed by atoms with Crippen molar-refractivity contribution in [2.45, 2.75) is 172 Å². The fraction of sp³-hybridized carbons (Fsp3) is 0.556. The largest absolute Gasteiger partial charge is 0.481 e. The van der Waals surface area contributed by atoms with Crippen molar-refractivity contribution in [3.8, 4) is 0 Å². The summed E-state index contributed by atoms with van der Waals surface area (Å²) in [4.78, 5) is 62.0. The van der Waals surface area contributed by atoms with Crippen LogP contribution in [0, 0.1) is 0 Å². The topological polar surface area (TPSA) is 306 Å². The van der Waals surface area contributed by atoms with Crippen molar-refractivity contribution in [2.24, 2.45) is 0 Å². The number of aromatic nitrogens is 2. The van der Waals surface area contributed by atoms with Gasteiger partial charge in [-0.25, -0.2) is 13.9 Å². The highest BCUT2D eigenvalue weighted by atomic mass is 31.3. The maximum Gasteiger partial charge on any atom is 0.481 e. The molecule has 9 atom stereocenters. The number of rotatable bonds is 41. The van der Waals surface area contributed by atoms with Crippen LogP contribution in [0.25, 0.3) is 0 Å². The van der Waals surface area contributed by atoms with Gasteiger partial charge >= 0.3 is 33.3 Å². The van der Waals surface area contributed by atoms with Crippen molar-refractivity contribution in [3.05, 3.63) is 132 Å². The summed E-state index contributed by atoms with van der Waals surface area (Å²) in [5.74, 6) is -1.59. The molecule has 1 aromatic heterocycles. The highest BCUT2D eigenvalue weighted by Gasteiger charge is 2.46. The Balaban J connectivity index is 1.88. The number of allylic oxidation sites excluding steroid dienone is 16. The van der Waals surface area contributed by atoms with Gasteiger partial charge in [-0.2, -0.15) is 9.29 Å². The summed E-state index contributed by atoms with van der Waals surface area (Å²) in [5.41, 5.74) is 4.56. The summed E-state index contributed by atoms with van der Waals surface area (Å²) in [5, 5.41) is 41.3. The number of phosphoric acid groups is 2. The molecule has 76 heavy (non-hydrogen) atoms. The SMILES string of the molecule is CC/C=C\C/C=C\C/C=C\C/C=C\C/C=C\CCCCCC(=O)OC[C@H](COP(=O)(O)OP(=O)(O)OC[C@H]1O[C@@H](n2ccc(N)nc2=O)[C@H](O)[C@@H]1O)OC(=O)CCC[C@H](O)/C=C/C=C\C/C=C\C=C\[C@H](O)CCCCC. The van der Waals surface area contributed by atoms with Gasteiger partial charge in [0.2, 0.25) is 0 Å². The predicted octanol–water partition coefficient (Wildman–Crippen LogP) is 8.94. The van der Waals surface area contributed by atoms with Crippen LogP contribution >= 0.6 is 15.6 Å². The Morgan fingerprint density at radius 1 is 0.711 bits per heavy atom. The van der Waals surface area contributed by atoms with Gasteiger partial charge in [-0.1, -0.05) is 149 Å². The van der Waals surface area contributed by atoms with Gasteiger partial charge in [0.1, 0.15) is 30.7 Å². The van der Waals surface area contributed by atoms with Crippen LogP contribution in [-0.4, -0.2) is 108 Å². The maximum absolute atomic E-state index is 12.9. The average Bonchev–Trinajstić information content (AvgIpc) is 3.65. The second kappa shape index (κ2) is 40.5. The number of aliphatic hydroxyl groups is 4. The Morgan fingerprint density at radius 2 is 1.28 bits per heavy atom. The molecule has 20 nitrogen and oxygen atoms in total. The summed E-state index contributed by atoms with van der Waals surface area (Å²) in [6.07, 6.45) is 39.4. The van der Waals surface area contributed by atoms with Crippen LogP contribution in [0.3, 0.4) is 0 Å². The molecule has 0 saturated carbocycles. The Hall–Kier alpha value is -4.66. The number of anilines is 1. The van der Waals surface area contributed by atoms with Crippen LogP contribution in [0.2, 0.25) is 0 Å². The lowest BCUT2D eigenvalue weighted by atomic mass is 10.1. The first-order valence-electron chi connectivity index (χ1n) is 26.1. The minimum atomic E-state index is -5.50. The van der Waals surface area contributed by atoms with Gasteiger partial charge in [0.15, 0.2) is 12.3 Å². The average molecular weight is 1110 g/mol. The van der Waals surface area contributed by atoms with Crippen molar-refractivity contribution in [1.29, 1.82) is 0 Å². The first-order chi connectivity index (χ1) is 36.5. The summed E-state index contributed by atoms with van der Waals surface area (Å²) in [6, 6.07) is 1.23. The zero-order valence-corrected chi connectivity index (χ0v) is 45.8. The molecule has 8 N–H and O–H groups in total. The van der Waals surface area contributed by atoms with E-state index in [4.69, 9.17) is 29.0 Å². The summed E-state index contributed by atoms with van der Waals surface area (Å²) >= 11 is 0. The van der Waals surface area contributed by atoms with E-state index in [9.17, 15) is 53.7 Å². The molecular formula is C54H83N3O17P2. The first kappa shape index (κ1) is 67.4. The fourth-order valence-electron chi connectivity index (χ4n) is 6.96. The zero-order chi connectivity index (χ0) is 55.9. The quantitative estimate of drug-likeness (QED) is 0.0106. The van der Waals surface area contributed by atoms with Gasteiger partial charge in [0.05, 0.1) is 25.4 Å². The van der Waals surface area contributed by atoms with Gasteiger partial charge in [-0.15, -0.1) is 0 Å². The number of unbranched alkanes of at least 4 members (excludes halogenated alkanes) is 5. The number of nitrogen functional groups attached to an aromatic ring is 1. The smallest absolute Gasteiger partial charge is 0.462 e. The Bertz CT molecular complexity index is 2240. The summed E-state index contributed by atoms with van der Waals surface area (Å²) < 4.78 is 56.6. The molecule has 1 aliphatic heterocycles. The van der Waals surface area contributed by atoms with E-state index in [0.717, 1.165) is 87.8 Å². The Labute approximate surface area is 447 Å². The zero-order valence-electron chi connectivity index (χ0n) is 44.0. The second-order valence-electron chi connectivity index (χ2n) is 17.7. The lowest BCUT2D eigenvalue weighted by Crippen LogP contribution is -2.36.